The summed E-state index contributed by atoms with van der Waals surface area (Å²) >= 11 is 11.9. The van der Waals surface area contributed by atoms with Crippen molar-refractivity contribution in [3.8, 4) is 5.75 Å². The van der Waals surface area contributed by atoms with Crippen LogP contribution in [0.5, 0.6) is 5.75 Å². The van der Waals surface area contributed by atoms with Crippen molar-refractivity contribution in [1.29, 1.82) is 0 Å². The number of benzene rings is 1. The molecule has 140 valence electrons. The Labute approximate surface area is 163 Å². The molecule has 1 aromatic heterocycles. The fourth-order valence-corrected chi connectivity index (χ4v) is 3.75. The molecule has 1 saturated heterocycles. The summed E-state index contributed by atoms with van der Waals surface area (Å²) in [5.41, 5.74) is 0. The van der Waals surface area contributed by atoms with Gasteiger partial charge in [0.15, 0.2) is 6.61 Å². The fourth-order valence-electron chi connectivity index (χ4n) is 3.29. The summed E-state index contributed by atoms with van der Waals surface area (Å²) in [6.45, 7) is 4.61. The number of ether oxygens (including phenoxy) is 1. The second kappa shape index (κ2) is 8.78. The minimum atomic E-state index is -0.00801. The van der Waals surface area contributed by atoms with Crippen LogP contribution >= 0.6 is 23.2 Å². The zero-order valence-electron chi connectivity index (χ0n) is 14.8. The van der Waals surface area contributed by atoms with Crippen molar-refractivity contribution in [3.63, 3.8) is 0 Å². The van der Waals surface area contributed by atoms with E-state index in [0.717, 1.165) is 44.7 Å². The third-order valence-electron chi connectivity index (χ3n) is 4.79. The number of hydrogen-bond donors (Lipinski definition) is 0. The molecule has 7 heteroatoms. The highest BCUT2D eigenvalue weighted by Crippen LogP contribution is 2.27. The summed E-state index contributed by atoms with van der Waals surface area (Å²) in [6, 6.07) is 4.98. The third kappa shape index (κ3) is 4.71. The van der Waals surface area contributed by atoms with Crippen LogP contribution in [0.1, 0.15) is 25.6 Å². The highest BCUT2D eigenvalue weighted by atomic mass is 35.5. The first-order valence-electron chi connectivity index (χ1n) is 8.92. The molecule has 0 saturated carbocycles. The normalized spacial score (nSPS) is 15.3. The molecule has 0 aliphatic carbocycles. The molecule has 0 atom stereocenters. The maximum absolute atomic E-state index is 12.4. The van der Waals surface area contributed by atoms with Gasteiger partial charge in [0.25, 0.3) is 5.91 Å². The summed E-state index contributed by atoms with van der Waals surface area (Å²) in [7, 11) is 0. The number of halogens is 2. The first-order valence-corrected chi connectivity index (χ1v) is 9.68. The van der Waals surface area contributed by atoms with Crippen LogP contribution in [0, 0.1) is 5.92 Å². The third-order valence-corrected chi connectivity index (χ3v) is 5.32. The van der Waals surface area contributed by atoms with Gasteiger partial charge >= 0.3 is 0 Å². The molecule has 0 bridgehead atoms. The highest BCUT2D eigenvalue weighted by Gasteiger charge is 2.23. The number of amides is 1. The number of aromatic nitrogens is 2. The minimum absolute atomic E-state index is 0.00643. The lowest BCUT2D eigenvalue weighted by molar-refractivity contribution is -0.134. The molecule has 1 fully saturated rings. The Morgan fingerprint density at radius 2 is 2.08 bits per heavy atom. The van der Waals surface area contributed by atoms with E-state index in [9.17, 15) is 4.79 Å². The summed E-state index contributed by atoms with van der Waals surface area (Å²) in [4.78, 5) is 18.6. The SMILES string of the molecule is CCc1nccn1CC1CCN(C(=O)COc2ccc(Cl)cc2Cl)CC1. The summed E-state index contributed by atoms with van der Waals surface area (Å²) in [5.74, 6) is 2.17. The Hall–Kier alpha value is -1.72. The standard InChI is InChI=1S/C19H23Cl2N3O2/c1-2-18-22-7-10-24(18)12-14-5-8-23(9-6-14)19(25)13-26-17-4-3-15(20)11-16(17)21/h3-4,7,10-11,14H,2,5-6,8-9,12-13H2,1H3. The molecule has 3 rings (SSSR count). The highest BCUT2D eigenvalue weighted by molar-refractivity contribution is 6.35. The number of carbonyl (C=O) groups is 1. The summed E-state index contributed by atoms with van der Waals surface area (Å²) in [6.07, 6.45) is 6.83. The van der Waals surface area contributed by atoms with Gasteiger partial charge in [-0.25, -0.2) is 4.98 Å². The number of nitrogens with zero attached hydrogens (tertiary/aromatic N) is 3. The number of likely N-dealkylation sites (tertiary alicyclic amines) is 1. The van der Waals surface area contributed by atoms with Crippen molar-refractivity contribution >= 4 is 29.1 Å². The van der Waals surface area contributed by atoms with E-state index in [1.807, 2.05) is 17.3 Å². The van der Waals surface area contributed by atoms with Gasteiger partial charge in [0.2, 0.25) is 0 Å². The number of hydrogen-bond acceptors (Lipinski definition) is 3. The summed E-state index contributed by atoms with van der Waals surface area (Å²) in [5, 5.41) is 0.955. The molecule has 1 aromatic carbocycles. The van der Waals surface area contributed by atoms with Gasteiger partial charge in [-0.1, -0.05) is 30.1 Å². The van der Waals surface area contributed by atoms with E-state index >= 15 is 0 Å². The molecule has 1 amide bonds. The van der Waals surface area contributed by atoms with Crippen molar-refractivity contribution in [2.45, 2.75) is 32.7 Å². The average molecular weight is 396 g/mol. The van der Waals surface area contributed by atoms with Crippen molar-refractivity contribution in [1.82, 2.24) is 14.5 Å². The van der Waals surface area contributed by atoms with Crippen molar-refractivity contribution in [2.75, 3.05) is 19.7 Å². The molecule has 26 heavy (non-hydrogen) atoms. The molecule has 5 nitrogen and oxygen atoms in total. The van der Waals surface area contributed by atoms with Crippen LogP contribution in [-0.4, -0.2) is 40.1 Å². The Morgan fingerprint density at radius 3 is 2.77 bits per heavy atom. The number of carbonyl (C=O) groups excluding carboxylic acids is 1. The van der Waals surface area contributed by atoms with E-state index in [1.54, 1.807) is 18.2 Å². The van der Waals surface area contributed by atoms with Crippen LogP contribution in [-0.2, 0) is 17.8 Å². The topological polar surface area (TPSA) is 47.4 Å². The molecule has 2 heterocycles. The Balaban J connectivity index is 1.46. The maximum Gasteiger partial charge on any atom is 0.260 e. The van der Waals surface area contributed by atoms with E-state index in [0.29, 0.717) is 21.7 Å². The van der Waals surface area contributed by atoms with Crippen LogP contribution < -0.4 is 4.74 Å². The zero-order valence-corrected chi connectivity index (χ0v) is 16.3. The second-order valence-electron chi connectivity index (χ2n) is 6.54. The molecule has 2 aromatic rings. The molecule has 0 radical (unpaired) electrons. The second-order valence-corrected chi connectivity index (χ2v) is 7.38. The number of aryl methyl sites for hydroxylation is 1. The summed E-state index contributed by atoms with van der Waals surface area (Å²) < 4.78 is 7.78. The van der Waals surface area contributed by atoms with E-state index < -0.39 is 0 Å². The molecule has 1 aliphatic rings. The minimum Gasteiger partial charge on any atom is -0.482 e. The first-order chi connectivity index (χ1) is 12.6. The van der Waals surface area contributed by atoms with E-state index in [2.05, 4.69) is 16.5 Å². The maximum atomic E-state index is 12.4. The van der Waals surface area contributed by atoms with Crippen LogP contribution in [0.15, 0.2) is 30.6 Å². The number of imidazole rings is 1. The predicted molar refractivity (Wildman–Crippen MR) is 103 cm³/mol. The van der Waals surface area contributed by atoms with Gasteiger partial charge in [-0.15, -0.1) is 0 Å². The Morgan fingerprint density at radius 1 is 1.31 bits per heavy atom. The Bertz CT molecular complexity index is 755. The lowest BCUT2D eigenvalue weighted by Gasteiger charge is -2.32. The number of rotatable bonds is 6. The molecule has 0 spiro atoms. The fraction of sp³-hybridized carbons (Fsp3) is 0.474. The van der Waals surface area contributed by atoms with Gasteiger partial charge < -0.3 is 14.2 Å². The first kappa shape index (κ1) is 19.1. The largest absolute Gasteiger partial charge is 0.482 e. The quantitative estimate of drug-likeness (QED) is 0.740. The molecular weight excluding hydrogens is 373 g/mol. The van der Waals surface area contributed by atoms with Crippen LogP contribution in [0.3, 0.4) is 0 Å². The lowest BCUT2D eigenvalue weighted by atomic mass is 9.96. The zero-order chi connectivity index (χ0) is 18.5. The van der Waals surface area contributed by atoms with Gasteiger partial charge in [-0.3, -0.25) is 4.79 Å². The van der Waals surface area contributed by atoms with Crippen LogP contribution in [0.25, 0.3) is 0 Å². The van der Waals surface area contributed by atoms with Crippen molar-refractivity contribution in [3.05, 3.63) is 46.5 Å². The van der Waals surface area contributed by atoms with Crippen molar-refractivity contribution in [2.24, 2.45) is 5.92 Å². The van der Waals surface area contributed by atoms with Crippen LogP contribution in [0.2, 0.25) is 10.0 Å². The predicted octanol–water partition coefficient (Wildman–Crippen LogP) is 4.07. The van der Waals surface area contributed by atoms with Gasteiger partial charge in [0.05, 0.1) is 5.02 Å². The lowest BCUT2D eigenvalue weighted by Crippen LogP contribution is -2.41. The van der Waals surface area contributed by atoms with E-state index in [-0.39, 0.29) is 12.5 Å². The average Bonchev–Trinajstić information content (AvgIpc) is 3.08. The van der Waals surface area contributed by atoms with Gasteiger partial charge in [-0.2, -0.15) is 0 Å². The smallest absolute Gasteiger partial charge is 0.260 e. The Kier molecular flexibility index (Phi) is 6.43. The molecule has 0 unspecified atom stereocenters. The monoisotopic (exact) mass is 395 g/mol. The van der Waals surface area contributed by atoms with Gasteiger partial charge in [0, 0.05) is 43.5 Å². The molecule has 1 aliphatic heterocycles. The molecular formula is C19H23Cl2N3O2. The van der Waals surface area contributed by atoms with Crippen LogP contribution in [0.4, 0.5) is 0 Å². The van der Waals surface area contributed by atoms with Gasteiger partial charge in [0.1, 0.15) is 11.6 Å². The molecule has 0 N–H and O–H groups in total. The van der Waals surface area contributed by atoms with E-state index in [1.165, 1.54) is 0 Å². The van der Waals surface area contributed by atoms with E-state index in [4.69, 9.17) is 27.9 Å². The van der Waals surface area contributed by atoms with Gasteiger partial charge in [-0.05, 0) is 37.0 Å². The number of piperidine rings is 1. The van der Waals surface area contributed by atoms with Crippen molar-refractivity contribution < 1.29 is 9.53 Å².